The molecule has 1 unspecified atom stereocenters. The molecule has 1 amide bonds. The molecule has 0 aliphatic rings. The minimum atomic E-state index is -0.0760. The summed E-state index contributed by atoms with van der Waals surface area (Å²) < 4.78 is 1.04. The zero-order chi connectivity index (χ0) is 13.5. The second-order valence-corrected chi connectivity index (χ2v) is 5.42. The van der Waals surface area contributed by atoms with Crippen molar-refractivity contribution < 1.29 is 4.79 Å². The van der Waals surface area contributed by atoms with Crippen LogP contribution in [0, 0.1) is 5.92 Å². The number of carbonyl (C=O) groups is 1. The molecular formula is C14H21BrN2O. The summed E-state index contributed by atoms with van der Waals surface area (Å²) in [5, 5.41) is 3.02. The van der Waals surface area contributed by atoms with Gasteiger partial charge in [-0.25, -0.2) is 0 Å². The van der Waals surface area contributed by atoms with Gasteiger partial charge in [-0.3, -0.25) is 4.79 Å². The Morgan fingerprint density at radius 2 is 2.00 bits per heavy atom. The van der Waals surface area contributed by atoms with Crippen molar-refractivity contribution in [2.75, 3.05) is 6.54 Å². The van der Waals surface area contributed by atoms with Crippen molar-refractivity contribution in [2.24, 2.45) is 11.7 Å². The number of carbonyl (C=O) groups excluding carboxylic acids is 1. The Kier molecular flexibility index (Phi) is 6.36. The zero-order valence-corrected chi connectivity index (χ0v) is 12.5. The van der Waals surface area contributed by atoms with Crippen LogP contribution < -0.4 is 11.1 Å². The fraction of sp³-hybridized carbons (Fsp3) is 0.500. The molecule has 0 radical (unpaired) electrons. The summed E-state index contributed by atoms with van der Waals surface area (Å²) in [5.74, 6) is -0.0253. The van der Waals surface area contributed by atoms with Crippen molar-refractivity contribution in [3.8, 4) is 0 Å². The van der Waals surface area contributed by atoms with E-state index in [1.54, 1.807) is 0 Å². The van der Waals surface area contributed by atoms with Crippen LogP contribution in [0.2, 0.25) is 0 Å². The summed E-state index contributed by atoms with van der Waals surface area (Å²) in [6, 6.07) is 7.98. The maximum absolute atomic E-state index is 12.0. The number of nitrogens with one attached hydrogen (secondary N) is 1. The number of halogens is 1. The van der Waals surface area contributed by atoms with Crippen LogP contribution in [0.5, 0.6) is 0 Å². The second-order valence-electron chi connectivity index (χ2n) is 4.50. The normalized spacial score (nSPS) is 14.0. The van der Waals surface area contributed by atoms with Gasteiger partial charge in [0.25, 0.3) is 0 Å². The molecule has 1 aromatic carbocycles. The summed E-state index contributed by atoms with van der Waals surface area (Å²) in [6.07, 6.45) is 1.82. The van der Waals surface area contributed by atoms with E-state index in [0.29, 0.717) is 6.54 Å². The standard InChI is InChI=1S/C14H21BrN2O/c1-3-4-12(9-16)14(18)17-10(2)11-5-7-13(15)8-6-11/h5-8,10,12H,3-4,9,16H2,1-2H3,(H,17,18)/t10-,12?/m1/s1. The van der Waals surface area contributed by atoms with E-state index in [9.17, 15) is 4.79 Å². The lowest BCUT2D eigenvalue weighted by Crippen LogP contribution is -2.36. The Hall–Kier alpha value is -0.870. The first kappa shape index (κ1) is 15.2. The van der Waals surface area contributed by atoms with Gasteiger partial charge in [-0.05, 0) is 31.0 Å². The quantitative estimate of drug-likeness (QED) is 0.848. The Balaban J connectivity index is 2.60. The van der Waals surface area contributed by atoms with Crippen LogP contribution in [0.15, 0.2) is 28.7 Å². The van der Waals surface area contributed by atoms with Gasteiger partial charge in [0, 0.05) is 11.0 Å². The van der Waals surface area contributed by atoms with Crippen molar-refractivity contribution in [3.63, 3.8) is 0 Å². The molecule has 2 atom stereocenters. The molecule has 0 heterocycles. The molecule has 0 spiro atoms. The van der Waals surface area contributed by atoms with Gasteiger partial charge in [0.1, 0.15) is 0 Å². The minimum absolute atomic E-state index is 0.0107. The van der Waals surface area contributed by atoms with Crippen molar-refractivity contribution in [2.45, 2.75) is 32.7 Å². The molecular weight excluding hydrogens is 292 g/mol. The van der Waals surface area contributed by atoms with E-state index in [0.717, 1.165) is 22.9 Å². The van der Waals surface area contributed by atoms with Crippen LogP contribution in [0.4, 0.5) is 0 Å². The second kappa shape index (κ2) is 7.54. The fourth-order valence-corrected chi connectivity index (χ4v) is 2.13. The molecule has 0 aliphatic heterocycles. The lowest BCUT2D eigenvalue weighted by molar-refractivity contribution is -0.125. The average Bonchev–Trinajstić information content (AvgIpc) is 2.36. The van der Waals surface area contributed by atoms with E-state index in [2.05, 4.69) is 28.2 Å². The molecule has 18 heavy (non-hydrogen) atoms. The van der Waals surface area contributed by atoms with Gasteiger partial charge in [0.15, 0.2) is 0 Å². The first-order chi connectivity index (χ1) is 8.58. The van der Waals surface area contributed by atoms with Gasteiger partial charge in [0.05, 0.1) is 12.0 Å². The van der Waals surface area contributed by atoms with Crippen LogP contribution in [-0.4, -0.2) is 12.5 Å². The number of hydrogen-bond donors (Lipinski definition) is 2. The molecule has 3 nitrogen and oxygen atoms in total. The van der Waals surface area contributed by atoms with E-state index in [1.165, 1.54) is 0 Å². The van der Waals surface area contributed by atoms with Crippen LogP contribution in [0.3, 0.4) is 0 Å². The molecule has 4 heteroatoms. The maximum atomic E-state index is 12.0. The highest BCUT2D eigenvalue weighted by molar-refractivity contribution is 9.10. The summed E-state index contributed by atoms with van der Waals surface area (Å²) >= 11 is 3.40. The Labute approximate surface area is 117 Å². The van der Waals surface area contributed by atoms with Crippen LogP contribution in [0.25, 0.3) is 0 Å². The highest BCUT2D eigenvalue weighted by Gasteiger charge is 2.18. The molecule has 1 aromatic rings. The summed E-state index contributed by atoms with van der Waals surface area (Å²) in [4.78, 5) is 12.0. The van der Waals surface area contributed by atoms with Crippen LogP contribution in [0.1, 0.15) is 38.3 Å². The van der Waals surface area contributed by atoms with Crippen molar-refractivity contribution in [3.05, 3.63) is 34.3 Å². The molecule has 0 saturated heterocycles. The molecule has 0 aromatic heterocycles. The Morgan fingerprint density at radius 1 is 1.39 bits per heavy atom. The smallest absolute Gasteiger partial charge is 0.224 e. The van der Waals surface area contributed by atoms with Crippen LogP contribution >= 0.6 is 15.9 Å². The number of nitrogens with two attached hydrogens (primary N) is 1. The third-order valence-corrected chi connectivity index (χ3v) is 3.55. The summed E-state index contributed by atoms with van der Waals surface area (Å²) in [6.45, 7) is 4.46. The first-order valence-corrected chi connectivity index (χ1v) is 7.13. The molecule has 0 bridgehead atoms. The monoisotopic (exact) mass is 312 g/mol. The predicted molar refractivity (Wildman–Crippen MR) is 78.2 cm³/mol. The lowest BCUT2D eigenvalue weighted by atomic mass is 10.0. The molecule has 0 fully saturated rings. The van der Waals surface area contributed by atoms with Crippen LogP contribution in [-0.2, 0) is 4.79 Å². The number of benzene rings is 1. The topological polar surface area (TPSA) is 55.1 Å². The highest BCUT2D eigenvalue weighted by atomic mass is 79.9. The zero-order valence-electron chi connectivity index (χ0n) is 10.9. The van der Waals surface area contributed by atoms with Gasteiger partial charge in [-0.2, -0.15) is 0 Å². The lowest BCUT2D eigenvalue weighted by Gasteiger charge is -2.19. The number of amides is 1. The highest BCUT2D eigenvalue weighted by Crippen LogP contribution is 2.17. The van der Waals surface area contributed by atoms with Crippen molar-refractivity contribution >= 4 is 21.8 Å². The third kappa shape index (κ3) is 4.42. The van der Waals surface area contributed by atoms with E-state index < -0.39 is 0 Å². The summed E-state index contributed by atoms with van der Waals surface area (Å²) in [7, 11) is 0. The molecule has 1 rings (SSSR count). The predicted octanol–water partition coefficient (Wildman–Crippen LogP) is 3.00. The number of hydrogen-bond acceptors (Lipinski definition) is 2. The SMILES string of the molecule is CCCC(CN)C(=O)N[C@H](C)c1ccc(Br)cc1. The van der Waals surface area contributed by atoms with Gasteiger partial charge < -0.3 is 11.1 Å². The van der Waals surface area contributed by atoms with Gasteiger partial charge in [-0.15, -0.1) is 0 Å². The number of rotatable bonds is 6. The van der Waals surface area contributed by atoms with Gasteiger partial charge in [0.2, 0.25) is 5.91 Å². The molecule has 100 valence electrons. The minimum Gasteiger partial charge on any atom is -0.349 e. The van der Waals surface area contributed by atoms with E-state index in [4.69, 9.17) is 5.73 Å². The molecule has 0 aliphatic carbocycles. The Morgan fingerprint density at radius 3 is 2.50 bits per heavy atom. The molecule has 3 N–H and O–H groups in total. The van der Waals surface area contributed by atoms with Gasteiger partial charge in [-0.1, -0.05) is 41.4 Å². The average molecular weight is 313 g/mol. The molecule has 0 saturated carbocycles. The first-order valence-electron chi connectivity index (χ1n) is 6.34. The Bertz CT molecular complexity index is 378. The van der Waals surface area contributed by atoms with Crippen molar-refractivity contribution in [1.82, 2.24) is 5.32 Å². The maximum Gasteiger partial charge on any atom is 0.224 e. The fourth-order valence-electron chi connectivity index (χ4n) is 1.87. The van der Waals surface area contributed by atoms with E-state index >= 15 is 0 Å². The third-order valence-electron chi connectivity index (χ3n) is 3.02. The van der Waals surface area contributed by atoms with E-state index in [1.807, 2.05) is 31.2 Å². The summed E-state index contributed by atoms with van der Waals surface area (Å²) in [5.41, 5.74) is 6.72. The largest absolute Gasteiger partial charge is 0.349 e. The van der Waals surface area contributed by atoms with E-state index in [-0.39, 0.29) is 17.9 Å². The van der Waals surface area contributed by atoms with Crippen molar-refractivity contribution in [1.29, 1.82) is 0 Å². The van der Waals surface area contributed by atoms with Gasteiger partial charge >= 0.3 is 0 Å².